The highest BCUT2D eigenvalue weighted by atomic mass is 16.5. The SMILES string of the molecule is CCC(CC)C(CN)N1CC(C)OCC1CC. The molecule has 0 bridgehead atoms. The second-order valence-corrected chi connectivity index (χ2v) is 5.28. The molecule has 0 aromatic heterocycles. The lowest BCUT2D eigenvalue weighted by atomic mass is 9.90. The number of rotatable bonds is 6. The summed E-state index contributed by atoms with van der Waals surface area (Å²) in [5.41, 5.74) is 6.04. The number of nitrogens with zero attached hydrogens (tertiary/aromatic N) is 1. The first-order valence-corrected chi connectivity index (χ1v) is 7.25. The molecule has 0 amide bonds. The van der Waals surface area contributed by atoms with Crippen molar-refractivity contribution < 1.29 is 4.74 Å². The normalized spacial score (nSPS) is 28.6. The summed E-state index contributed by atoms with van der Waals surface area (Å²) in [5.74, 6) is 0.722. The fourth-order valence-corrected chi connectivity index (χ4v) is 3.06. The Morgan fingerprint density at radius 3 is 2.41 bits per heavy atom. The third-order valence-corrected chi connectivity index (χ3v) is 4.24. The van der Waals surface area contributed by atoms with Gasteiger partial charge in [0.15, 0.2) is 0 Å². The summed E-state index contributed by atoms with van der Waals surface area (Å²) in [6.07, 6.45) is 3.95. The monoisotopic (exact) mass is 242 g/mol. The molecule has 1 heterocycles. The molecule has 1 aliphatic rings. The summed E-state index contributed by atoms with van der Waals surface area (Å²) in [4.78, 5) is 2.62. The first-order chi connectivity index (χ1) is 8.17. The average molecular weight is 242 g/mol. The topological polar surface area (TPSA) is 38.5 Å². The van der Waals surface area contributed by atoms with E-state index in [4.69, 9.17) is 10.5 Å². The number of hydrogen-bond donors (Lipinski definition) is 1. The third kappa shape index (κ3) is 3.67. The van der Waals surface area contributed by atoms with E-state index in [-0.39, 0.29) is 0 Å². The molecule has 0 aromatic rings. The smallest absolute Gasteiger partial charge is 0.0674 e. The predicted molar refractivity (Wildman–Crippen MR) is 73.1 cm³/mol. The van der Waals surface area contributed by atoms with Crippen LogP contribution in [-0.4, -0.2) is 42.8 Å². The van der Waals surface area contributed by atoms with Crippen molar-refractivity contribution in [3.8, 4) is 0 Å². The van der Waals surface area contributed by atoms with Gasteiger partial charge in [-0.05, 0) is 19.3 Å². The summed E-state index contributed by atoms with van der Waals surface area (Å²) in [6, 6.07) is 1.08. The molecule has 1 aliphatic heterocycles. The first-order valence-electron chi connectivity index (χ1n) is 7.25. The molecule has 102 valence electrons. The Morgan fingerprint density at radius 2 is 1.94 bits per heavy atom. The Morgan fingerprint density at radius 1 is 1.29 bits per heavy atom. The quantitative estimate of drug-likeness (QED) is 0.776. The average Bonchev–Trinajstić information content (AvgIpc) is 2.35. The molecule has 2 N–H and O–H groups in total. The lowest BCUT2D eigenvalue weighted by molar-refractivity contribution is -0.0803. The maximum atomic E-state index is 6.04. The van der Waals surface area contributed by atoms with Gasteiger partial charge in [0.25, 0.3) is 0 Å². The molecule has 3 atom stereocenters. The van der Waals surface area contributed by atoms with Crippen LogP contribution in [0.2, 0.25) is 0 Å². The highest BCUT2D eigenvalue weighted by molar-refractivity contribution is 4.87. The minimum Gasteiger partial charge on any atom is -0.376 e. The van der Waals surface area contributed by atoms with E-state index in [0.717, 1.165) is 32.0 Å². The standard InChI is InChI=1S/C14H30N2O/c1-5-12(6-2)14(8-15)16-9-11(4)17-10-13(16)7-3/h11-14H,5-10,15H2,1-4H3. The molecule has 1 fully saturated rings. The van der Waals surface area contributed by atoms with Crippen LogP contribution in [0.15, 0.2) is 0 Å². The molecule has 1 saturated heterocycles. The second-order valence-electron chi connectivity index (χ2n) is 5.28. The van der Waals surface area contributed by atoms with Crippen LogP contribution >= 0.6 is 0 Å². The summed E-state index contributed by atoms with van der Waals surface area (Å²) in [7, 11) is 0. The molecule has 17 heavy (non-hydrogen) atoms. The van der Waals surface area contributed by atoms with Crippen molar-refractivity contribution in [2.45, 2.75) is 65.1 Å². The lowest BCUT2D eigenvalue weighted by Crippen LogP contribution is -2.57. The fraction of sp³-hybridized carbons (Fsp3) is 1.00. The largest absolute Gasteiger partial charge is 0.376 e. The lowest BCUT2D eigenvalue weighted by Gasteiger charge is -2.45. The van der Waals surface area contributed by atoms with E-state index < -0.39 is 0 Å². The Kier molecular flexibility index (Phi) is 6.45. The van der Waals surface area contributed by atoms with Gasteiger partial charge in [-0.15, -0.1) is 0 Å². The van der Waals surface area contributed by atoms with Gasteiger partial charge in [-0.3, -0.25) is 4.90 Å². The zero-order valence-corrected chi connectivity index (χ0v) is 12.0. The number of hydrogen-bond acceptors (Lipinski definition) is 3. The van der Waals surface area contributed by atoms with Crippen molar-refractivity contribution in [3.05, 3.63) is 0 Å². The van der Waals surface area contributed by atoms with E-state index in [0.29, 0.717) is 18.2 Å². The van der Waals surface area contributed by atoms with Crippen LogP contribution in [0.4, 0.5) is 0 Å². The maximum Gasteiger partial charge on any atom is 0.0674 e. The van der Waals surface area contributed by atoms with Crippen molar-refractivity contribution in [2.75, 3.05) is 19.7 Å². The van der Waals surface area contributed by atoms with E-state index in [1.54, 1.807) is 0 Å². The molecule has 0 radical (unpaired) electrons. The van der Waals surface area contributed by atoms with Gasteiger partial charge in [-0.2, -0.15) is 0 Å². The molecule has 0 aliphatic carbocycles. The van der Waals surface area contributed by atoms with Gasteiger partial charge in [-0.25, -0.2) is 0 Å². The van der Waals surface area contributed by atoms with Crippen molar-refractivity contribution in [1.29, 1.82) is 0 Å². The molecule has 0 saturated carbocycles. The summed E-state index contributed by atoms with van der Waals surface area (Å²) >= 11 is 0. The number of morpholine rings is 1. The van der Waals surface area contributed by atoms with Gasteiger partial charge < -0.3 is 10.5 Å². The fourth-order valence-electron chi connectivity index (χ4n) is 3.06. The van der Waals surface area contributed by atoms with Crippen LogP contribution in [0.25, 0.3) is 0 Å². The van der Waals surface area contributed by atoms with E-state index in [9.17, 15) is 0 Å². The van der Waals surface area contributed by atoms with Gasteiger partial charge in [-0.1, -0.05) is 33.6 Å². The summed E-state index contributed by atoms with van der Waals surface area (Å²) in [6.45, 7) is 11.7. The molecule has 1 rings (SSSR count). The molecule has 3 heteroatoms. The van der Waals surface area contributed by atoms with Crippen molar-refractivity contribution >= 4 is 0 Å². The van der Waals surface area contributed by atoms with E-state index >= 15 is 0 Å². The van der Waals surface area contributed by atoms with Crippen LogP contribution in [0.1, 0.15) is 47.0 Å². The zero-order chi connectivity index (χ0) is 12.8. The Labute approximate surface area is 107 Å². The van der Waals surface area contributed by atoms with Crippen LogP contribution in [0.3, 0.4) is 0 Å². The number of ether oxygens (including phenoxy) is 1. The van der Waals surface area contributed by atoms with Crippen LogP contribution < -0.4 is 5.73 Å². The van der Waals surface area contributed by atoms with Crippen molar-refractivity contribution in [3.63, 3.8) is 0 Å². The number of nitrogens with two attached hydrogens (primary N) is 1. The summed E-state index contributed by atoms with van der Waals surface area (Å²) < 4.78 is 5.77. The maximum absolute atomic E-state index is 6.04. The minimum atomic E-state index is 0.348. The van der Waals surface area contributed by atoms with Gasteiger partial charge in [0.1, 0.15) is 0 Å². The summed E-state index contributed by atoms with van der Waals surface area (Å²) in [5, 5.41) is 0. The first kappa shape index (κ1) is 14.9. The Bertz CT molecular complexity index is 206. The van der Waals surface area contributed by atoms with E-state index in [2.05, 4.69) is 32.6 Å². The minimum absolute atomic E-state index is 0.348. The van der Waals surface area contributed by atoms with Gasteiger partial charge in [0, 0.05) is 25.2 Å². The third-order valence-electron chi connectivity index (χ3n) is 4.24. The van der Waals surface area contributed by atoms with Gasteiger partial charge >= 0.3 is 0 Å². The van der Waals surface area contributed by atoms with Gasteiger partial charge in [0.05, 0.1) is 12.7 Å². The molecule has 0 aromatic carbocycles. The molecule has 0 spiro atoms. The van der Waals surface area contributed by atoms with Crippen LogP contribution in [-0.2, 0) is 4.74 Å². The Hall–Kier alpha value is -0.120. The molecular weight excluding hydrogens is 212 g/mol. The van der Waals surface area contributed by atoms with Crippen LogP contribution in [0, 0.1) is 5.92 Å². The van der Waals surface area contributed by atoms with E-state index in [1.807, 2.05) is 0 Å². The molecule has 3 nitrogen and oxygen atoms in total. The zero-order valence-electron chi connectivity index (χ0n) is 12.0. The highest BCUT2D eigenvalue weighted by Crippen LogP contribution is 2.24. The second kappa shape index (κ2) is 7.34. The molecular formula is C14H30N2O. The van der Waals surface area contributed by atoms with Crippen molar-refractivity contribution in [2.24, 2.45) is 11.7 Å². The molecule has 3 unspecified atom stereocenters. The van der Waals surface area contributed by atoms with Crippen molar-refractivity contribution in [1.82, 2.24) is 4.90 Å². The van der Waals surface area contributed by atoms with E-state index in [1.165, 1.54) is 12.8 Å². The Balaban J connectivity index is 2.75. The van der Waals surface area contributed by atoms with Gasteiger partial charge in [0.2, 0.25) is 0 Å². The highest BCUT2D eigenvalue weighted by Gasteiger charge is 2.33. The predicted octanol–water partition coefficient (Wildman–Crippen LogP) is 2.25. The van der Waals surface area contributed by atoms with Crippen LogP contribution in [0.5, 0.6) is 0 Å².